The van der Waals surface area contributed by atoms with Gasteiger partial charge in [-0.25, -0.2) is 5.01 Å². The summed E-state index contributed by atoms with van der Waals surface area (Å²) in [5.74, 6) is 0.973. The zero-order valence-electron chi connectivity index (χ0n) is 17.6. The lowest BCUT2D eigenvalue weighted by atomic mass is 10.1. The molecule has 10 heteroatoms. The van der Waals surface area contributed by atoms with Crippen LogP contribution >= 0.6 is 11.6 Å². The predicted molar refractivity (Wildman–Crippen MR) is 123 cm³/mol. The normalized spacial score (nSPS) is 11.2. The Morgan fingerprint density at radius 3 is 2.53 bits per heavy atom. The van der Waals surface area contributed by atoms with Crippen molar-refractivity contribution < 1.29 is 27.4 Å². The van der Waals surface area contributed by atoms with Gasteiger partial charge in [0.05, 0.1) is 28.9 Å². The van der Waals surface area contributed by atoms with E-state index in [4.69, 9.17) is 21.1 Å². The number of aromatic nitrogens is 1. The molecule has 0 fully saturated rings. The molecule has 0 bridgehead atoms. The Balaban J connectivity index is 1.57. The van der Waals surface area contributed by atoms with Gasteiger partial charge in [0.2, 0.25) is 6.41 Å². The quantitative estimate of drug-likeness (QED) is 0.232. The highest BCUT2D eigenvalue weighted by atomic mass is 35.5. The van der Waals surface area contributed by atoms with Crippen LogP contribution in [-0.4, -0.2) is 18.5 Å². The number of hydrogen-bond acceptors (Lipinski definition) is 5. The largest absolute Gasteiger partial charge is 0.494 e. The molecular formula is C24H17ClF3N3O3. The van der Waals surface area contributed by atoms with E-state index >= 15 is 0 Å². The number of fused-ring (bicyclic) bond motifs is 1. The molecule has 4 rings (SSSR count). The average molecular weight is 488 g/mol. The predicted octanol–water partition coefficient (Wildman–Crippen LogP) is 6.70. The van der Waals surface area contributed by atoms with Crippen molar-refractivity contribution in [3.8, 4) is 17.2 Å². The number of alkyl halides is 3. The van der Waals surface area contributed by atoms with Crippen LogP contribution in [0.4, 0.5) is 24.5 Å². The van der Waals surface area contributed by atoms with Crippen molar-refractivity contribution in [3.63, 3.8) is 0 Å². The summed E-state index contributed by atoms with van der Waals surface area (Å²) in [4.78, 5) is 16.0. The van der Waals surface area contributed by atoms with E-state index in [1.165, 1.54) is 13.2 Å². The van der Waals surface area contributed by atoms with Gasteiger partial charge in [-0.15, -0.1) is 0 Å². The van der Waals surface area contributed by atoms with Gasteiger partial charge in [-0.3, -0.25) is 15.2 Å². The molecule has 1 N–H and O–H groups in total. The van der Waals surface area contributed by atoms with Crippen molar-refractivity contribution in [1.29, 1.82) is 0 Å². The SMILES string of the molecule is COc1ccc(C(F)(F)F)cc1N(C=O)Nc1ccc(Oc2ccc3ncccc3c2)c(Cl)c1. The van der Waals surface area contributed by atoms with Gasteiger partial charge in [-0.05, 0) is 60.7 Å². The van der Waals surface area contributed by atoms with E-state index in [2.05, 4.69) is 10.4 Å². The van der Waals surface area contributed by atoms with E-state index in [0.29, 0.717) is 23.6 Å². The Labute approximate surface area is 197 Å². The zero-order valence-corrected chi connectivity index (χ0v) is 18.4. The molecule has 0 spiro atoms. The van der Waals surface area contributed by atoms with Gasteiger partial charge in [0.1, 0.15) is 22.9 Å². The molecular weight excluding hydrogens is 471 g/mol. The van der Waals surface area contributed by atoms with E-state index in [1.807, 2.05) is 24.3 Å². The molecule has 0 radical (unpaired) electrons. The molecule has 174 valence electrons. The summed E-state index contributed by atoms with van der Waals surface area (Å²) in [6.07, 6.45) is -2.56. The number of hydrazine groups is 1. The smallest absolute Gasteiger partial charge is 0.416 e. The molecule has 4 aromatic rings. The summed E-state index contributed by atoms with van der Waals surface area (Å²) >= 11 is 6.36. The summed E-state index contributed by atoms with van der Waals surface area (Å²) in [5.41, 5.74) is 2.84. The Hall–Kier alpha value is -3.98. The van der Waals surface area contributed by atoms with Crippen LogP contribution in [0.5, 0.6) is 17.2 Å². The standard InChI is InChI=1S/C24H17ClF3N3O3/c1-33-23-8-4-16(24(26,27)28)12-21(23)31(14-32)30-17-5-9-22(19(25)13-17)34-18-6-7-20-15(11-18)3-2-10-29-20/h2-14,30H,1H3. The molecule has 6 nitrogen and oxygen atoms in total. The van der Waals surface area contributed by atoms with E-state index in [1.54, 1.807) is 24.4 Å². The number of amides is 1. The number of ether oxygens (including phenoxy) is 2. The molecule has 0 saturated carbocycles. The molecule has 0 atom stereocenters. The lowest BCUT2D eigenvalue weighted by Crippen LogP contribution is -2.28. The molecule has 1 amide bonds. The number of carbonyl (C=O) groups is 1. The topological polar surface area (TPSA) is 63.7 Å². The second-order valence-electron chi connectivity index (χ2n) is 7.08. The minimum Gasteiger partial charge on any atom is -0.494 e. The van der Waals surface area contributed by atoms with E-state index in [-0.39, 0.29) is 16.5 Å². The number of nitrogens with one attached hydrogen (secondary N) is 1. The molecule has 1 aromatic heterocycles. The Morgan fingerprint density at radius 2 is 1.82 bits per heavy atom. The molecule has 0 aliphatic heterocycles. The summed E-state index contributed by atoms with van der Waals surface area (Å²) in [6.45, 7) is 0. The van der Waals surface area contributed by atoms with Crippen LogP contribution in [-0.2, 0) is 11.0 Å². The maximum atomic E-state index is 13.2. The highest BCUT2D eigenvalue weighted by Gasteiger charge is 2.32. The van der Waals surface area contributed by atoms with Crippen molar-refractivity contribution >= 4 is 40.3 Å². The first-order valence-electron chi connectivity index (χ1n) is 9.87. The number of methoxy groups -OCH3 is 1. The first-order valence-corrected chi connectivity index (χ1v) is 10.2. The van der Waals surface area contributed by atoms with E-state index < -0.39 is 11.7 Å². The lowest BCUT2D eigenvalue weighted by Gasteiger charge is -2.23. The fourth-order valence-corrected chi connectivity index (χ4v) is 3.45. The summed E-state index contributed by atoms with van der Waals surface area (Å²) in [6, 6.07) is 16.6. The molecule has 0 saturated heterocycles. The highest BCUT2D eigenvalue weighted by Crippen LogP contribution is 2.37. The number of pyridine rings is 1. The molecule has 0 aliphatic carbocycles. The fourth-order valence-electron chi connectivity index (χ4n) is 3.23. The number of hydrogen-bond donors (Lipinski definition) is 1. The number of carbonyl (C=O) groups excluding carboxylic acids is 1. The van der Waals surface area contributed by atoms with Gasteiger partial charge in [0.25, 0.3) is 0 Å². The minimum atomic E-state index is -4.59. The number of nitrogens with zero attached hydrogens (tertiary/aromatic N) is 2. The van der Waals surface area contributed by atoms with Crippen molar-refractivity contribution in [3.05, 3.63) is 83.5 Å². The second kappa shape index (κ2) is 9.48. The number of rotatable bonds is 7. The van der Waals surface area contributed by atoms with Crippen LogP contribution in [0.1, 0.15) is 5.56 Å². The highest BCUT2D eigenvalue weighted by molar-refractivity contribution is 6.32. The van der Waals surface area contributed by atoms with E-state index in [0.717, 1.165) is 34.1 Å². The average Bonchev–Trinajstić information content (AvgIpc) is 2.83. The first-order chi connectivity index (χ1) is 16.3. The van der Waals surface area contributed by atoms with Crippen LogP contribution in [0.25, 0.3) is 10.9 Å². The molecule has 1 heterocycles. The Morgan fingerprint density at radius 1 is 1.03 bits per heavy atom. The van der Waals surface area contributed by atoms with Crippen LogP contribution in [0.15, 0.2) is 72.9 Å². The third-order valence-electron chi connectivity index (χ3n) is 4.85. The summed E-state index contributed by atoms with van der Waals surface area (Å²) < 4.78 is 50.4. The van der Waals surface area contributed by atoms with Crippen molar-refractivity contribution in [2.75, 3.05) is 17.5 Å². The Bertz CT molecular complexity index is 1350. The monoisotopic (exact) mass is 487 g/mol. The molecule has 0 aliphatic rings. The molecule has 3 aromatic carbocycles. The number of halogens is 4. The van der Waals surface area contributed by atoms with Crippen molar-refractivity contribution in [2.45, 2.75) is 6.18 Å². The van der Waals surface area contributed by atoms with Gasteiger partial charge < -0.3 is 9.47 Å². The first kappa shape index (κ1) is 23.2. The molecule has 0 unspecified atom stereocenters. The van der Waals surface area contributed by atoms with E-state index in [9.17, 15) is 18.0 Å². The Kier molecular flexibility index (Phi) is 6.47. The van der Waals surface area contributed by atoms with Crippen molar-refractivity contribution in [2.24, 2.45) is 0 Å². The number of anilines is 2. The van der Waals surface area contributed by atoms with Gasteiger partial charge in [-0.1, -0.05) is 17.7 Å². The zero-order chi connectivity index (χ0) is 24.3. The minimum absolute atomic E-state index is 0.0736. The summed E-state index contributed by atoms with van der Waals surface area (Å²) in [5, 5.41) is 1.99. The fraction of sp³-hybridized carbons (Fsp3) is 0.0833. The van der Waals surface area contributed by atoms with Crippen LogP contribution in [0.2, 0.25) is 5.02 Å². The summed E-state index contributed by atoms with van der Waals surface area (Å²) in [7, 11) is 1.29. The number of benzene rings is 3. The van der Waals surface area contributed by atoms with Gasteiger partial charge in [-0.2, -0.15) is 13.2 Å². The van der Waals surface area contributed by atoms with Crippen molar-refractivity contribution in [1.82, 2.24) is 4.98 Å². The van der Waals surface area contributed by atoms with Crippen LogP contribution in [0.3, 0.4) is 0 Å². The lowest BCUT2D eigenvalue weighted by molar-refractivity contribution is -0.137. The third kappa shape index (κ3) is 4.99. The van der Waals surface area contributed by atoms with Gasteiger partial charge in [0.15, 0.2) is 0 Å². The van der Waals surface area contributed by atoms with Gasteiger partial charge in [0, 0.05) is 11.6 Å². The second-order valence-corrected chi connectivity index (χ2v) is 7.48. The van der Waals surface area contributed by atoms with Crippen LogP contribution < -0.4 is 19.9 Å². The maximum Gasteiger partial charge on any atom is 0.416 e. The van der Waals surface area contributed by atoms with Gasteiger partial charge >= 0.3 is 6.18 Å². The third-order valence-corrected chi connectivity index (χ3v) is 5.15. The maximum absolute atomic E-state index is 13.2. The molecule has 34 heavy (non-hydrogen) atoms. The van der Waals surface area contributed by atoms with Crippen LogP contribution in [0, 0.1) is 0 Å².